The normalized spacial score (nSPS) is 18.0. The molecule has 1 heterocycles. The highest BCUT2D eigenvalue weighted by atomic mass is 19.1. The number of piperazine rings is 1. The predicted molar refractivity (Wildman–Crippen MR) is 107 cm³/mol. The average Bonchev–Trinajstić information content (AvgIpc) is 2.69. The highest BCUT2D eigenvalue weighted by Gasteiger charge is 2.27. The zero-order valence-corrected chi connectivity index (χ0v) is 16.9. The SMILES string of the molecule is COc1cc(CN2CCN(Cc3cc(F)cc(F)c3)CC2CCO)cc(OC)c1. The number of benzene rings is 2. The van der Waals surface area contributed by atoms with Crippen LogP contribution in [0.2, 0.25) is 0 Å². The van der Waals surface area contributed by atoms with Crippen molar-refractivity contribution < 1.29 is 23.4 Å². The molecular weight excluding hydrogens is 378 g/mol. The van der Waals surface area contributed by atoms with Crippen LogP contribution in [0, 0.1) is 11.6 Å². The van der Waals surface area contributed by atoms with Crippen molar-refractivity contribution in [3.05, 3.63) is 59.2 Å². The Balaban J connectivity index is 1.69. The molecule has 1 N–H and O–H groups in total. The van der Waals surface area contributed by atoms with E-state index in [9.17, 15) is 13.9 Å². The van der Waals surface area contributed by atoms with Crippen molar-refractivity contribution in [2.24, 2.45) is 0 Å². The molecule has 0 saturated carbocycles. The molecule has 1 atom stereocenters. The summed E-state index contributed by atoms with van der Waals surface area (Å²) in [5, 5.41) is 9.53. The maximum absolute atomic E-state index is 13.5. The van der Waals surface area contributed by atoms with Crippen molar-refractivity contribution in [2.75, 3.05) is 40.5 Å². The number of aliphatic hydroxyl groups excluding tert-OH is 1. The summed E-state index contributed by atoms with van der Waals surface area (Å²) in [5.41, 5.74) is 1.70. The van der Waals surface area contributed by atoms with Crippen LogP contribution in [-0.2, 0) is 13.1 Å². The number of methoxy groups -OCH3 is 2. The fraction of sp³-hybridized carbons (Fsp3) is 0.455. The summed E-state index contributed by atoms with van der Waals surface area (Å²) in [4.78, 5) is 4.50. The summed E-state index contributed by atoms with van der Waals surface area (Å²) in [7, 11) is 3.25. The van der Waals surface area contributed by atoms with Gasteiger partial charge in [0.15, 0.2) is 0 Å². The van der Waals surface area contributed by atoms with E-state index >= 15 is 0 Å². The highest BCUT2D eigenvalue weighted by molar-refractivity contribution is 5.38. The van der Waals surface area contributed by atoms with Gasteiger partial charge in [0, 0.05) is 57.5 Å². The van der Waals surface area contributed by atoms with Crippen LogP contribution >= 0.6 is 0 Å². The van der Waals surface area contributed by atoms with E-state index in [1.165, 1.54) is 12.1 Å². The van der Waals surface area contributed by atoms with Gasteiger partial charge >= 0.3 is 0 Å². The first-order valence-corrected chi connectivity index (χ1v) is 9.75. The summed E-state index contributed by atoms with van der Waals surface area (Å²) in [6, 6.07) is 9.59. The number of aliphatic hydroxyl groups is 1. The Bertz CT molecular complexity index is 776. The second-order valence-corrected chi connectivity index (χ2v) is 7.37. The third-order valence-electron chi connectivity index (χ3n) is 5.28. The van der Waals surface area contributed by atoms with E-state index in [4.69, 9.17) is 9.47 Å². The quantitative estimate of drug-likeness (QED) is 0.730. The first-order valence-electron chi connectivity index (χ1n) is 9.75. The van der Waals surface area contributed by atoms with Crippen LogP contribution in [0.15, 0.2) is 36.4 Å². The van der Waals surface area contributed by atoms with Gasteiger partial charge in [-0.3, -0.25) is 9.80 Å². The van der Waals surface area contributed by atoms with Gasteiger partial charge in [-0.15, -0.1) is 0 Å². The third-order valence-corrected chi connectivity index (χ3v) is 5.28. The number of hydrogen-bond acceptors (Lipinski definition) is 5. The lowest BCUT2D eigenvalue weighted by Gasteiger charge is -2.41. The molecule has 1 aliphatic rings. The Kier molecular flexibility index (Phi) is 7.41. The van der Waals surface area contributed by atoms with Gasteiger partial charge in [-0.05, 0) is 41.8 Å². The van der Waals surface area contributed by atoms with Crippen molar-refractivity contribution in [1.82, 2.24) is 9.80 Å². The van der Waals surface area contributed by atoms with Gasteiger partial charge in [-0.25, -0.2) is 8.78 Å². The summed E-state index contributed by atoms with van der Waals surface area (Å²) in [6.07, 6.45) is 0.634. The molecule has 0 aromatic heterocycles. The maximum Gasteiger partial charge on any atom is 0.126 e. The third kappa shape index (κ3) is 5.88. The summed E-state index contributed by atoms with van der Waals surface area (Å²) >= 11 is 0. The number of rotatable bonds is 8. The minimum absolute atomic E-state index is 0.0883. The number of hydrogen-bond donors (Lipinski definition) is 1. The lowest BCUT2D eigenvalue weighted by Crippen LogP contribution is -2.52. The molecule has 0 spiro atoms. The summed E-state index contributed by atoms with van der Waals surface area (Å²) < 4.78 is 37.7. The maximum atomic E-state index is 13.5. The van der Waals surface area contributed by atoms with Crippen LogP contribution < -0.4 is 9.47 Å². The van der Waals surface area contributed by atoms with E-state index in [1.54, 1.807) is 14.2 Å². The van der Waals surface area contributed by atoms with Crippen LogP contribution in [0.1, 0.15) is 17.5 Å². The lowest BCUT2D eigenvalue weighted by molar-refractivity contribution is 0.0498. The Hall–Kier alpha value is -2.22. The molecular formula is C22H28F2N2O3. The van der Waals surface area contributed by atoms with Gasteiger partial charge in [-0.1, -0.05) is 0 Å². The van der Waals surface area contributed by atoms with Gasteiger partial charge in [0.25, 0.3) is 0 Å². The molecule has 1 aliphatic heterocycles. The largest absolute Gasteiger partial charge is 0.497 e. The molecule has 1 saturated heterocycles. The van der Waals surface area contributed by atoms with Crippen LogP contribution in [-0.4, -0.2) is 61.4 Å². The molecule has 0 bridgehead atoms. The molecule has 0 aliphatic carbocycles. The molecule has 2 aromatic carbocycles. The van der Waals surface area contributed by atoms with Crippen LogP contribution in [0.3, 0.4) is 0 Å². The molecule has 3 rings (SSSR count). The fourth-order valence-electron chi connectivity index (χ4n) is 3.88. The van der Waals surface area contributed by atoms with E-state index in [0.29, 0.717) is 25.1 Å². The first kappa shape index (κ1) is 21.5. The first-order chi connectivity index (χ1) is 14.0. The molecule has 5 nitrogen and oxygen atoms in total. The Morgan fingerprint density at radius 1 is 0.897 bits per heavy atom. The van der Waals surface area contributed by atoms with Gasteiger partial charge in [0.05, 0.1) is 14.2 Å². The van der Waals surface area contributed by atoms with E-state index in [1.807, 2.05) is 18.2 Å². The van der Waals surface area contributed by atoms with E-state index < -0.39 is 11.6 Å². The van der Waals surface area contributed by atoms with Crippen LogP contribution in [0.25, 0.3) is 0 Å². The van der Waals surface area contributed by atoms with Gasteiger partial charge < -0.3 is 14.6 Å². The highest BCUT2D eigenvalue weighted by Crippen LogP contribution is 2.25. The zero-order valence-electron chi connectivity index (χ0n) is 16.9. The zero-order chi connectivity index (χ0) is 20.8. The van der Waals surface area contributed by atoms with Gasteiger partial charge in [0.1, 0.15) is 23.1 Å². The minimum Gasteiger partial charge on any atom is -0.497 e. The molecule has 0 amide bonds. The Morgan fingerprint density at radius 2 is 1.52 bits per heavy atom. The predicted octanol–water partition coefficient (Wildman–Crippen LogP) is 3.05. The number of ether oxygens (including phenoxy) is 2. The van der Waals surface area contributed by atoms with Crippen molar-refractivity contribution in [3.63, 3.8) is 0 Å². The number of halogens is 2. The molecule has 29 heavy (non-hydrogen) atoms. The van der Waals surface area contributed by atoms with Gasteiger partial charge in [-0.2, -0.15) is 0 Å². The van der Waals surface area contributed by atoms with Gasteiger partial charge in [0.2, 0.25) is 0 Å². The Morgan fingerprint density at radius 3 is 2.10 bits per heavy atom. The molecule has 1 unspecified atom stereocenters. The number of nitrogens with zero attached hydrogens (tertiary/aromatic N) is 2. The topological polar surface area (TPSA) is 45.2 Å². The molecule has 158 valence electrons. The van der Waals surface area contributed by atoms with E-state index in [2.05, 4.69) is 9.80 Å². The van der Waals surface area contributed by atoms with E-state index in [-0.39, 0.29) is 12.6 Å². The summed E-state index contributed by atoms with van der Waals surface area (Å²) in [5.74, 6) is 0.365. The smallest absolute Gasteiger partial charge is 0.126 e. The van der Waals surface area contributed by atoms with Crippen LogP contribution in [0.4, 0.5) is 8.78 Å². The van der Waals surface area contributed by atoms with Crippen molar-refractivity contribution in [3.8, 4) is 11.5 Å². The standard InChI is InChI=1S/C22H28F2N2O3/c1-28-21-9-17(10-22(12-21)29-2)14-26-5-4-25(15-20(26)3-6-27)13-16-7-18(23)11-19(24)8-16/h7-12,20,27H,3-6,13-15H2,1-2H3. The second kappa shape index (κ2) is 10.0. The van der Waals surface area contributed by atoms with E-state index in [0.717, 1.165) is 42.8 Å². The summed E-state index contributed by atoms with van der Waals surface area (Å²) in [6.45, 7) is 3.58. The van der Waals surface area contributed by atoms with Crippen molar-refractivity contribution in [2.45, 2.75) is 25.6 Å². The molecule has 7 heteroatoms. The Labute approximate surface area is 170 Å². The van der Waals surface area contributed by atoms with Crippen molar-refractivity contribution >= 4 is 0 Å². The fourth-order valence-corrected chi connectivity index (χ4v) is 3.88. The van der Waals surface area contributed by atoms with Crippen LogP contribution in [0.5, 0.6) is 11.5 Å². The second-order valence-electron chi connectivity index (χ2n) is 7.37. The minimum atomic E-state index is -0.558. The lowest BCUT2D eigenvalue weighted by atomic mass is 10.1. The monoisotopic (exact) mass is 406 g/mol. The average molecular weight is 406 g/mol. The molecule has 2 aromatic rings. The molecule has 0 radical (unpaired) electrons. The van der Waals surface area contributed by atoms with Crippen molar-refractivity contribution in [1.29, 1.82) is 0 Å². The molecule has 1 fully saturated rings.